The lowest BCUT2D eigenvalue weighted by Gasteiger charge is -2.19. The average Bonchev–Trinajstić information content (AvgIpc) is 3.66. The number of carbonyl (C=O) groups is 2. The first kappa shape index (κ1) is 27.2. The zero-order chi connectivity index (χ0) is 29.6. The lowest BCUT2D eigenvalue weighted by molar-refractivity contribution is -0.137. The molecule has 0 spiro atoms. The van der Waals surface area contributed by atoms with Gasteiger partial charge in [0.05, 0.1) is 22.4 Å². The lowest BCUT2D eigenvalue weighted by atomic mass is 9.94. The molecular weight excluding hydrogens is 550 g/mol. The molecule has 5 aromatic rings. The summed E-state index contributed by atoms with van der Waals surface area (Å²) in [6, 6.07) is 18.5. The number of nitrogens with zero attached hydrogens (tertiary/aromatic N) is 1. The molecular formula is C32H23F4N3O3. The van der Waals surface area contributed by atoms with Crippen molar-refractivity contribution in [2.45, 2.75) is 31.0 Å². The van der Waals surface area contributed by atoms with Gasteiger partial charge in [0.1, 0.15) is 17.2 Å². The van der Waals surface area contributed by atoms with E-state index in [1.165, 1.54) is 48.5 Å². The molecule has 42 heavy (non-hydrogen) atoms. The topological polar surface area (TPSA) is 98.2 Å². The standard InChI is InChI=1S/C32H23F4N3O3/c33-21-8-4-18(5-9-21)15-26-28(29(37)40)23-16-19(7-11-25(23)42-26)22-17-20(6-10-24(22)32(34,35)36)30(41)39-31(12-13-31)27-3-1-2-14-38-27/h1-11,14,16-17H,12-13,15H2,(H2,37,40)(H,39,41). The highest BCUT2D eigenvalue weighted by atomic mass is 19.4. The molecule has 0 bridgehead atoms. The molecule has 3 aromatic carbocycles. The van der Waals surface area contributed by atoms with Gasteiger partial charge in [0.2, 0.25) is 0 Å². The maximum atomic E-state index is 14.1. The highest BCUT2D eigenvalue weighted by Gasteiger charge is 2.47. The van der Waals surface area contributed by atoms with Crippen molar-refractivity contribution < 1.29 is 31.6 Å². The number of aromatic nitrogens is 1. The van der Waals surface area contributed by atoms with E-state index in [4.69, 9.17) is 10.2 Å². The predicted molar refractivity (Wildman–Crippen MR) is 147 cm³/mol. The van der Waals surface area contributed by atoms with E-state index in [0.717, 1.165) is 12.1 Å². The first-order chi connectivity index (χ1) is 20.0. The number of pyridine rings is 1. The first-order valence-corrected chi connectivity index (χ1v) is 13.1. The van der Waals surface area contributed by atoms with Gasteiger partial charge in [-0.05, 0) is 84.1 Å². The maximum Gasteiger partial charge on any atom is 0.417 e. The van der Waals surface area contributed by atoms with Gasteiger partial charge < -0.3 is 15.5 Å². The Hall–Kier alpha value is -4.99. The SMILES string of the molecule is NC(=O)c1c(Cc2ccc(F)cc2)oc2ccc(-c3cc(C(=O)NC4(c5ccccn5)CC4)ccc3C(F)(F)F)cc12. The number of primary amides is 1. The third kappa shape index (κ3) is 5.11. The summed E-state index contributed by atoms with van der Waals surface area (Å²) < 4.78 is 61.6. The number of halogens is 4. The minimum atomic E-state index is -4.72. The van der Waals surface area contributed by atoms with Crippen LogP contribution in [0.3, 0.4) is 0 Å². The smallest absolute Gasteiger partial charge is 0.417 e. The summed E-state index contributed by atoms with van der Waals surface area (Å²) in [4.78, 5) is 30.1. The molecule has 2 heterocycles. The third-order valence-electron chi connectivity index (χ3n) is 7.44. The summed E-state index contributed by atoms with van der Waals surface area (Å²) in [5.74, 6) is -1.58. The van der Waals surface area contributed by atoms with E-state index >= 15 is 0 Å². The van der Waals surface area contributed by atoms with Crippen LogP contribution in [0.25, 0.3) is 22.1 Å². The van der Waals surface area contributed by atoms with Gasteiger partial charge in [-0.1, -0.05) is 24.3 Å². The molecule has 0 aliphatic heterocycles. The fourth-order valence-corrected chi connectivity index (χ4v) is 5.18. The highest BCUT2D eigenvalue weighted by molar-refractivity contribution is 6.07. The Morgan fingerprint density at radius 1 is 0.976 bits per heavy atom. The summed E-state index contributed by atoms with van der Waals surface area (Å²) in [5.41, 5.74) is 5.59. The molecule has 1 fully saturated rings. The van der Waals surface area contributed by atoms with Crippen molar-refractivity contribution in [3.05, 3.63) is 125 Å². The highest BCUT2D eigenvalue weighted by Crippen LogP contribution is 2.45. The fourth-order valence-electron chi connectivity index (χ4n) is 5.18. The molecule has 0 radical (unpaired) electrons. The van der Waals surface area contributed by atoms with Crippen LogP contribution in [0.15, 0.2) is 89.5 Å². The zero-order valence-electron chi connectivity index (χ0n) is 22.0. The van der Waals surface area contributed by atoms with Gasteiger partial charge in [0.15, 0.2) is 0 Å². The third-order valence-corrected chi connectivity index (χ3v) is 7.44. The average molecular weight is 574 g/mol. The van der Waals surface area contributed by atoms with Crippen LogP contribution in [0.4, 0.5) is 17.6 Å². The fraction of sp³-hybridized carbons (Fsp3) is 0.156. The molecule has 0 atom stereocenters. The minimum absolute atomic E-state index is 0.0182. The number of amides is 2. The number of fused-ring (bicyclic) bond motifs is 1. The molecule has 10 heteroatoms. The number of benzene rings is 3. The van der Waals surface area contributed by atoms with E-state index < -0.39 is 34.9 Å². The number of hydrogen-bond acceptors (Lipinski definition) is 4. The predicted octanol–water partition coefficient (Wildman–Crippen LogP) is 6.76. The van der Waals surface area contributed by atoms with Crippen molar-refractivity contribution in [3.8, 4) is 11.1 Å². The Labute approximate surface area is 237 Å². The molecule has 1 saturated carbocycles. The second-order valence-electron chi connectivity index (χ2n) is 10.3. The number of nitrogens with two attached hydrogens (primary N) is 1. The van der Waals surface area contributed by atoms with Crippen LogP contribution in [-0.2, 0) is 18.1 Å². The molecule has 0 unspecified atom stereocenters. The Bertz CT molecular complexity index is 1830. The van der Waals surface area contributed by atoms with Gasteiger partial charge in [-0.15, -0.1) is 0 Å². The van der Waals surface area contributed by atoms with E-state index in [1.807, 2.05) is 6.07 Å². The Morgan fingerprint density at radius 2 is 1.74 bits per heavy atom. The van der Waals surface area contributed by atoms with Crippen molar-refractivity contribution in [1.29, 1.82) is 0 Å². The van der Waals surface area contributed by atoms with E-state index in [0.29, 0.717) is 24.1 Å². The molecule has 6 nitrogen and oxygen atoms in total. The second-order valence-corrected chi connectivity index (χ2v) is 10.3. The molecule has 6 rings (SSSR count). The number of hydrogen-bond donors (Lipinski definition) is 2. The number of alkyl halides is 3. The summed E-state index contributed by atoms with van der Waals surface area (Å²) in [7, 11) is 0. The van der Waals surface area contributed by atoms with Gasteiger partial charge in [0.25, 0.3) is 11.8 Å². The summed E-state index contributed by atoms with van der Waals surface area (Å²) in [5, 5.41) is 3.17. The summed E-state index contributed by atoms with van der Waals surface area (Å²) >= 11 is 0. The van der Waals surface area contributed by atoms with E-state index in [1.54, 1.807) is 18.3 Å². The first-order valence-electron chi connectivity index (χ1n) is 13.1. The van der Waals surface area contributed by atoms with Crippen LogP contribution in [0.2, 0.25) is 0 Å². The second kappa shape index (κ2) is 10.1. The van der Waals surface area contributed by atoms with Gasteiger partial charge >= 0.3 is 6.18 Å². The van der Waals surface area contributed by atoms with Gasteiger partial charge in [-0.3, -0.25) is 14.6 Å². The van der Waals surface area contributed by atoms with Crippen LogP contribution in [0, 0.1) is 5.82 Å². The number of rotatable bonds is 7. The van der Waals surface area contributed by atoms with E-state index in [2.05, 4.69) is 10.3 Å². The molecule has 1 aliphatic rings. The number of carbonyl (C=O) groups excluding carboxylic acids is 2. The number of nitrogens with one attached hydrogen (secondary N) is 1. The quantitative estimate of drug-likeness (QED) is 0.210. The molecule has 2 amide bonds. The molecule has 212 valence electrons. The Kier molecular flexibility index (Phi) is 6.56. The Morgan fingerprint density at radius 3 is 2.38 bits per heavy atom. The largest absolute Gasteiger partial charge is 0.460 e. The van der Waals surface area contributed by atoms with E-state index in [-0.39, 0.29) is 45.4 Å². The van der Waals surface area contributed by atoms with Crippen LogP contribution in [-0.4, -0.2) is 16.8 Å². The van der Waals surface area contributed by atoms with Crippen LogP contribution in [0.1, 0.15) is 56.1 Å². The normalized spacial score (nSPS) is 14.1. The molecule has 3 N–H and O–H groups in total. The van der Waals surface area contributed by atoms with Crippen molar-refractivity contribution in [3.63, 3.8) is 0 Å². The van der Waals surface area contributed by atoms with Crippen molar-refractivity contribution in [2.24, 2.45) is 5.73 Å². The van der Waals surface area contributed by atoms with Crippen LogP contribution >= 0.6 is 0 Å². The maximum absolute atomic E-state index is 14.1. The van der Waals surface area contributed by atoms with Crippen molar-refractivity contribution in [1.82, 2.24) is 10.3 Å². The summed E-state index contributed by atoms with van der Waals surface area (Å²) in [6.07, 6.45) is -1.66. The minimum Gasteiger partial charge on any atom is -0.460 e. The zero-order valence-corrected chi connectivity index (χ0v) is 22.0. The molecule has 1 aliphatic carbocycles. The molecule has 2 aromatic heterocycles. The molecule has 0 saturated heterocycles. The van der Waals surface area contributed by atoms with Gasteiger partial charge in [-0.25, -0.2) is 4.39 Å². The van der Waals surface area contributed by atoms with Gasteiger partial charge in [0, 0.05) is 23.6 Å². The Balaban J connectivity index is 1.40. The van der Waals surface area contributed by atoms with Crippen LogP contribution in [0.5, 0.6) is 0 Å². The van der Waals surface area contributed by atoms with Gasteiger partial charge in [-0.2, -0.15) is 13.2 Å². The summed E-state index contributed by atoms with van der Waals surface area (Å²) in [6.45, 7) is 0. The monoisotopic (exact) mass is 573 g/mol. The number of furan rings is 1. The van der Waals surface area contributed by atoms with E-state index in [9.17, 15) is 27.2 Å². The lowest BCUT2D eigenvalue weighted by Crippen LogP contribution is -2.35. The van der Waals surface area contributed by atoms with Crippen molar-refractivity contribution >= 4 is 22.8 Å². The van der Waals surface area contributed by atoms with Crippen LogP contribution < -0.4 is 11.1 Å². The van der Waals surface area contributed by atoms with Crippen molar-refractivity contribution in [2.75, 3.05) is 0 Å².